The fraction of sp³-hybridized carbons (Fsp3) is 0.750. The third kappa shape index (κ3) is 6.83. The topological polar surface area (TPSA) is 110 Å². The van der Waals surface area contributed by atoms with E-state index in [2.05, 4.69) is 0 Å². The number of quaternary nitrogens is 1. The van der Waals surface area contributed by atoms with Crippen LogP contribution in [0.3, 0.4) is 0 Å². The molecule has 0 aromatic carbocycles. The average molecular weight is 311 g/mol. The smallest absolute Gasteiger partial charge is 0.320 e. The molecule has 0 bridgehead atoms. The van der Waals surface area contributed by atoms with Gasteiger partial charge in [0, 0.05) is 18.8 Å². The van der Waals surface area contributed by atoms with E-state index >= 15 is 0 Å². The van der Waals surface area contributed by atoms with Crippen LogP contribution in [0.1, 0.15) is 19.8 Å². The Hall–Kier alpha value is -1.18. The first-order valence-electron chi connectivity index (χ1n) is 6.02. The lowest BCUT2D eigenvalue weighted by molar-refractivity contribution is -0.875. The van der Waals surface area contributed by atoms with Crippen molar-refractivity contribution in [2.45, 2.75) is 25.4 Å². The first-order chi connectivity index (χ1) is 8.56. The summed E-state index contributed by atoms with van der Waals surface area (Å²) in [5.41, 5.74) is 3.44. The van der Waals surface area contributed by atoms with Crippen LogP contribution in [-0.4, -0.2) is 62.0 Å². The number of carbonyl (C=O) groups is 3. The lowest BCUT2D eigenvalue weighted by atomic mass is 9.91. The summed E-state index contributed by atoms with van der Waals surface area (Å²) in [6.45, 7) is 1.21. The molecule has 0 fully saturated rings. The van der Waals surface area contributed by atoms with Gasteiger partial charge in [-0.3, -0.25) is 9.59 Å². The molecule has 0 aliphatic carbocycles. The Balaban J connectivity index is 0. The number of aliphatic carboxylic acids is 1. The van der Waals surface area contributed by atoms with Gasteiger partial charge in [-0.2, -0.15) is 0 Å². The Morgan fingerprint density at radius 1 is 1.25 bits per heavy atom. The summed E-state index contributed by atoms with van der Waals surface area (Å²) in [6.07, 6.45) is -0.605. The molecule has 0 radical (unpaired) electrons. The fourth-order valence-corrected chi connectivity index (χ4v) is 1.95. The number of nitrogens with two attached hydrogens (primary N) is 1. The quantitative estimate of drug-likeness (QED) is 0.430. The lowest BCUT2D eigenvalue weighted by Gasteiger charge is -2.37. The standard InChI is InChI=1S/C12H22N2O5.ClH/c1-5-9(15)12(6-10(16)17,8-14(2,3)4)19-11(18)7-13;/h5-8,13H2,1-4H3;1H/t12-;/m1./s1. The lowest BCUT2D eigenvalue weighted by Crippen LogP contribution is -2.58. The Bertz CT molecular complexity index is 367. The normalized spacial score (nSPS) is 13.8. The molecular formula is C12H23ClN2O5. The maximum absolute atomic E-state index is 12.1. The highest BCUT2D eigenvalue weighted by molar-refractivity contribution is 5.93. The van der Waals surface area contributed by atoms with Crippen LogP contribution < -0.4 is 10.8 Å². The Labute approximate surface area is 125 Å². The van der Waals surface area contributed by atoms with Gasteiger partial charge in [0.25, 0.3) is 0 Å². The zero-order valence-electron chi connectivity index (χ0n) is 12.3. The Kier molecular flexibility index (Phi) is 8.64. The summed E-state index contributed by atoms with van der Waals surface area (Å²) in [5.74, 6) is -2.71. The van der Waals surface area contributed by atoms with Gasteiger partial charge in [-0.25, -0.2) is 0 Å². The molecule has 20 heavy (non-hydrogen) atoms. The van der Waals surface area contributed by atoms with Gasteiger partial charge in [0.15, 0.2) is 5.78 Å². The van der Waals surface area contributed by atoms with Crippen molar-refractivity contribution in [2.24, 2.45) is 5.73 Å². The molecule has 0 aliphatic heterocycles. The minimum Gasteiger partial charge on any atom is -0.550 e. The molecule has 0 amide bonds. The first-order valence-corrected chi connectivity index (χ1v) is 6.02. The molecule has 1 atom stereocenters. The molecule has 0 aromatic heterocycles. The zero-order valence-corrected chi connectivity index (χ0v) is 13.1. The molecule has 0 saturated carbocycles. The summed E-state index contributed by atoms with van der Waals surface area (Å²) in [7, 11) is 5.30. The van der Waals surface area contributed by atoms with Crippen LogP contribution in [0.2, 0.25) is 0 Å². The highest BCUT2D eigenvalue weighted by Gasteiger charge is 2.45. The van der Waals surface area contributed by atoms with Crippen molar-refractivity contribution < 1.29 is 28.7 Å². The van der Waals surface area contributed by atoms with Crippen LogP contribution in [-0.2, 0) is 19.1 Å². The molecule has 0 rings (SSSR count). The minimum atomic E-state index is -1.72. The monoisotopic (exact) mass is 310 g/mol. The van der Waals surface area contributed by atoms with Gasteiger partial charge in [-0.15, -0.1) is 12.4 Å². The molecule has 2 N–H and O–H groups in total. The highest BCUT2D eigenvalue weighted by atomic mass is 35.5. The minimum absolute atomic E-state index is 0. The van der Waals surface area contributed by atoms with Gasteiger partial charge >= 0.3 is 5.97 Å². The largest absolute Gasteiger partial charge is 0.550 e. The predicted molar refractivity (Wildman–Crippen MR) is 72.9 cm³/mol. The summed E-state index contributed by atoms with van der Waals surface area (Å²) < 4.78 is 5.34. The third-order valence-corrected chi connectivity index (χ3v) is 2.46. The number of carboxylic acid groups (broad SMARTS) is 1. The van der Waals surface area contributed by atoms with Crippen molar-refractivity contribution >= 4 is 30.1 Å². The summed E-state index contributed by atoms with van der Waals surface area (Å²) in [5, 5.41) is 10.9. The van der Waals surface area contributed by atoms with Gasteiger partial charge < -0.3 is 24.9 Å². The van der Waals surface area contributed by atoms with Gasteiger partial charge in [-0.05, 0) is 0 Å². The number of carboxylic acids is 1. The van der Waals surface area contributed by atoms with Crippen molar-refractivity contribution in [1.82, 2.24) is 0 Å². The van der Waals surface area contributed by atoms with Crippen LogP contribution in [0.4, 0.5) is 0 Å². The number of rotatable bonds is 8. The van der Waals surface area contributed by atoms with Crippen molar-refractivity contribution in [3.8, 4) is 0 Å². The van der Waals surface area contributed by atoms with E-state index in [4.69, 9.17) is 10.5 Å². The van der Waals surface area contributed by atoms with E-state index in [-0.39, 0.29) is 29.9 Å². The second-order valence-electron chi connectivity index (χ2n) is 5.45. The molecule has 0 heterocycles. The summed E-state index contributed by atoms with van der Waals surface area (Å²) >= 11 is 0. The van der Waals surface area contributed by atoms with Crippen LogP contribution in [0.25, 0.3) is 0 Å². The number of hydrogen-bond acceptors (Lipinski definition) is 6. The maximum atomic E-state index is 12.1. The molecule has 0 aromatic rings. The zero-order chi connectivity index (χ0) is 15.3. The van der Waals surface area contributed by atoms with Gasteiger partial charge in [0.1, 0.15) is 6.54 Å². The third-order valence-electron chi connectivity index (χ3n) is 2.46. The molecule has 8 heteroatoms. The van der Waals surface area contributed by atoms with E-state index < -0.39 is 36.3 Å². The van der Waals surface area contributed by atoms with Crippen LogP contribution in [0, 0.1) is 0 Å². The fourth-order valence-electron chi connectivity index (χ4n) is 1.95. The number of likely N-dealkylation sites (N-methyl/N-ethyl adjacent to an activating group) is 1. The van der Waals surface area contributed by atoms with E-state index in [1.54, 1.807) is 28.1 Å². The van der Waals surface area contributed by atoms with Crippen LogP contribution >= 0.6 is 12.4 Å². The summed E-state index contributed by atoms with van der Waals surface area (Å²) in [4.78, 5) is 34.4. The van der Waals surface area contributed by atoms with Gasteiger partial charge in [0.05, 0.1) is 27.7 Å². The molecule has 7 nitrogen and oxygen atoms in total. The SMILES string of the molecule is CCC(=O)[C@@](CC(=O)[O-])(C[N+](C)(C)C)OC(=O)CN.Cl. The van der Waals surface area contributed by atoms with Crippen LogP contribution in [0.15, 0.2) is 0 Å². The number of ketones is 1. The maximum Gasteiger partial charge on any atom is 0.320 e. The number of ether oxygens (including phenoxy) is 1. The molecule has 0 saturated heterocycles. The van der Waals surface area contributed by atoms with E-state index in [1.165, 1.54) is 0 Å². The van der Waals surface area contributed by atoms with Gasteiger partial charge in [0.2, 0.25) is 5.60 Å². The van der Waals surface area contributed by atoms with E-state index in [0.29, 0.717) is 0 Å². The first kappa shape index (κ1) is 21.1. The number of Topliss-reactive ketones (excluding diaryl/α,β-unsaturated/α-hetero) is 1. The van der Waals surface area contributed by atoms with Crippen molar-refractivity contribution in [3.63, 3.8) is 0 Å². The van der Waals surface area contributed by atoms with Crippen molar-refractivity contribution in [3.05, 3.63) is 0 Å². The van der Waals surface area contributed by atoms with Crippen molar-refractivity contribution in [1.29, 1.82) is 0 Å². The highest BCUT2D eigenvalue weighted by Crippen LogP contribution is 2.22. The molecule has 118 valence electrons. The Morgan fingerprint density at radius 3 is 2.05 bits per heavy atom. The number of carbonyl (C=O) groups excluding carboxylic acids is 3. The van der Waals surface area contributed by atoms with Crippen LogP contribution in [0.5, 0.6) is 0 Å². The molecule has 0 aliphatic rings. The van der Waals surface area contributed by atoms with E-state index in [1.807, 2.05) is 0 Å². The van der Waals surface area contributed by atoms with E-state index in [9.17, 15) is 19.5 Å². The van der Waals surface area contributed by atoms with Crippen molar-refractivity contribution in [2.75, 3.05) is 34.2 Å². The van der Waals surface area contributed by atoms with Gasteiger partial charge in [-0.1, -0.05) is 6.92 Å². The molecule has 0 unspecified atom stereocenters. The molecule has 0 spiro atoms. The van der Waals surface area contributed by atoms with E-state index in [0.717, 1.165) is 0 Å². The Morgan fingerprint density at radius 2 is 1.75 bits per heavy atom. The second-order valence-corrected chi connectivity index (χ2v) is 5.45. The number of hydrogen-bond donors (Lipinski definition) is 1. The molecular weight excluding hydrogens is 288 g/mol. The number of halogens is 1. The predicted octanol–water partition coefficient (Wildman–Crippen LogP) is -1.53. The average Bonchev–Trinajstić information content (AvgIpc) is 2.24. The second kappa shape index (κ2) is 8.18. The summed E-state index contributed by atoms with van der Waals surface area (Å²) in [6, 6.07) is 0. The number of esters is 1. The number of nitrogens with zero attached hydrogens (tertiary/aromatic N) is 1.